The number of aryl methyl sites for hydroxylation is 1. The van der Waals surface area contributed by atoms with E-state index in [0.29, 0.717) is 19.4 Å². The highest BCUT2D eigenvalue weighted by molar-refractivity contribution is 6.06. The monoisotopic (exact) mass is 359 g/mol. The second kappa shape index (κ2) is 7.50. The molecule has 27 heavy (non-hydrogen) atoms. The zero-order chi connectivity index (χ0) is 18.6. The molecule has 0 fully saturated rings. The van der Waals surface area contributed by atoms with E-state index in [1.165, 1.54) is 5.39 Å². The van der Waals surface area contributed by atoms with Gasteiger partial charge in [0.05, 0.1) is 18.8 Å². The van der Waals surface area contributed by atoms with Gasteiger partial charge in [-0.15, -0.1) is 0 Å². The molecule has 5 nitrogen and oxygen atoms in total. The van der Waals surface area contributed by atoms with Crippen molar-refractivity contribution in [3.05, 3.63) is 72.1 Å². The number of hydrogen-bond acceptors (Lipinski definition) is 3. The van der Waals surface area contributed by atoms with Crippen molar-refractivity contribution in [2.75, 3.05) is 7.11 Å². The summed E-state index contributed by atoms with van der Waals surface area (Å²) in [5.41, 5.74) is 4.09. The molecule has 136 valence electrons. The summed E-state index contributed by atoms with van der Waals surface area (Å²) in [5.74, 6) is 0.829. The van der Waals surface area contributed by atoms with Crippen LogP contribution in [0.1, 0.15) is 17.7 Å². The van der Waals surface area contributed by atoms with Crippen LogP contribution in [0.4, 0.5) is 0 Å². The van der Waals surface area contributed by atoms with Gasteiger partial charge in [-0.1, -0.05) is 30.3 Å². The van der Waals surface area contributed by atoms with E-state index in [1.54, 1.807) is 7.11 Å². The minimum atomic E-state index is 0.0200. The number of benzene rings is 2. The Kier molecular flexibility index (Phi) is 4.75. The van der Waals surface area contributed by atoms with Crippen molar-refractivity contribution in [1.29, 1.82) is 0 Å². The summed E-state index contributed by atoms with van der Waals surface area (Å²) in [5, 5.41) is 5.28. The highest BCUT2D eigenvalue weighted by Crippen LogP contribution is 2.25. The number of pyridine rings is 1. The van der Waals surface area contributed by atoms with Crippen molar-refractivity contribution in [2.24, 2.45) is 0 Å². The first kappa shape index (κ1) is 17.1. The molecule has 5 heteroatoms. The first-order chi connectivity index (χ1) is 13.2. The van der Waals surface area contributed by atoms with Gasteiger partial charge in [0.1, 0.15) is 5.75 Å². The fraction of sp³-hybridized carbons (Fsp3) is 0.182. The lowest BCUT2D eigenvalue weighted by molar-refractivity contribution is -0.121. The van der Waals surface area contributed by atoms with Crippen LogP contribution in [0.2, 0.25) is 0 Å². The summed E-state index contributed by atoms with van der Waals surface area (Å²) in [7, 11) is 1.64. The third-order valence-electron chi connectivity index (χ3n) is 4.70. The molecule has 1 amide bonds. The number of rotatable bonds is 6. The second-order valence-corrected chi connectivity index (χ2v) is 6.52. The molecule has 0 aliphatic heterocycles. The molecule has 2 aromatic heterocycles. The molecule has 0 saturated carbocycles. The maximum atomic E-state index is 12.2. The van der Waals surface area contributed by atoms with E-state index in [0.717, 1.165) is 33.4 Å². The maximum absolute atomic E-state index is 12.2. The third-order valence-corrected chi connectivity index (χ3v) is 4.70. The fourth-order valence-corrected chi connectivity index (χ4v) is 3.20. The molecule has 2 N–H and O–H groups in total. The molecule has 0 unspecified atom stereocenters. The standard InChI is InChI=1S/C22H21N3O2/c1-27-17-9-6-15(7-10-17)13-24-22(26)11-8-16-12-19-18-4-2-3-5-20(18)25-21(19)14-23-16/h2-7,9-10,12,14,25H,8,11,13H2,1H3,(H,24,26). The number of aromatic amines is 1. The Morgan fingerprint density at radius 3 is 2.70 bits per heavy atom. The molecule has 0 radical (unpaired) electrons. The lowest BCUT2D eigenvalue weighted by Crippen LogP contribution is -2.23. The molecule has 2 heterocycles. The summed E-state index contributed by atoms with van der Waals surface area (Å²) in [6.07, 6.45) is 2.88. The number of carbonyl (C=O) groups is 1. The number of fused-ring (bicyclic) bond motifs is 3. The highest BCUT2D eigenvalue weighted by Gasteiger charge is 2.08. The summed E-state index contributed by atoms with van der Waals surface area (Å²) in [6, 6.07) is 18.0. The minimum absolute atomic E-state index is 0.0200. The molecular formula is C22H21N3O2. The average molecular weight is 359 g/mol. The van der Waals surface area contributed by atoms with Gasteiger partial charge in [-0.3, -0.25) is 9.78 Å². The van der Waals surface area contributed by atoms with Crippen molar-refractivity contribution >= 4 is 27.7 Å². The smallest absolute Gasteiger partial charge is 0.220 e. The van der Waals surface area contributed by atoms with E-state index < -0.39 is 0 Å². The number of amides is 1. The summed E-state index contributed by atoms with van der Waals surface area (Å²) < 4.78 is 5.14. The van der Waals surface area contributed by atoms with Crippen LogP contribution in [0.3, 0.4) is 0 Å². The number of carbonyl (C=O) groups excluding carboxylic acids is 1. The van der Waals surface area contributed by atoms with Crippen molar-refractivity contribution in [3.63, 3.8) is 0 Å². The van der Waals surface area contributed by atoms with Crippen LogP contribution in [0.25, 0.3) is 21.8 Å². The first-order valence-corrected chi connectivity index (χ1v) is 8.98. The van der Waals surface area contributed by atoms with Crippen molar-refractivity contribution in [1.82, 2.24) is 15.3 Å². The van der Waals surface area contributed by atoms with E-state index >= 15 is 0 Å². The Labute approximate surface area is 157 Å². The van der Waals surface area contributed by atoms with Crippen LogP contribution in [-0.4, -0.2) is 23.0 Å². The SMILES string of the molecule is COc1ccc(CNC(=O)CCc2cc3c(cn2)[nH]c2ccccc23)cc1. The van der Waals surface area contributed by atoms with Gasteiger partial charge >= 0.3 is 0 Å². The molecule has 2 aromatic carbocycles. The van der Waals surface area contributed by atoms with E-state index in [-0.39, 0.29) is 5.91 Å². The van der Waals surface area contributed by atoms with Gasteiger partial charge in [0.25, 0.3) is 0 Å². The number of hydrogen-bond donors (Lipinski definition) is 2. The lowest BCUT2D eigenvalue weighted by Gasteiger charge is -2.06. The predicted octanol–water partition coefficient (Wildman–Crippen LogP) is 3.97. The summed E-state index contributed by atoms with van der Waals surface area (Å²) >= 11 is 0. The Bertz CT molecular complexity index is 1080. The molecule has 4 rings (SSSR count). The van der Waals surface area contributed by atoms with Crippen molar-refractivity contribution in [2.45, 2.75) is 19.4 Å². The normalized spacial score (nSPS) is 11.0. The van der Waals surface area contributed by atoms with Gasteiger partial charge in [0, 0.05) is 34.9 Å². The van der Waals surface area contributed by atoms with Gasteiger partial charge < -0.3 is 15.0 Å². The van der Waals surface area contributed by atoms with Crippen molar-refractivity contribution in [3.8, 4) is 5.75 Å². The molecule has 0 aliphatic rings. The minimum Gasteiger partial charge on any atom is -0.497 e. The van der Waals surface area contributed by atoms with E-state index in [2.05, 4.69) is 33.5 Å². The van der Waals surface area contributed by atoms with E-state index in [4.69, 9.17) is 4.74 Å². The van der Waals surface area contributed by atoms with Crippen LogP contribution < -0.4 is 10.1 Å². The number of para-hydroxylation sites is 1. The van der Waals surface area contributed by atoms with Gasteiger partial charge in [-0.2, -0.15) is 0 Å². The Morgan fingerprint density at radius 2 is 1.89 bits per heavy atom. The van der Waals surface area contributed by atoms with Crippen LogP contribution >= 0.6 is 0 Å². The number of aromatic nitrogens is 2. The predicted molar refractivity (Wildman–Crippen MR) is 107 cm³/mol. The Hall–Kier alpha value is -3.34. The summed E-state index contributed by atoms with van der Waals surface area (Å²) in [4.78, 5) is 20.0. The molecule has 0 aliphatic carbocycles. The van der Waals surface area contributed by atoms with Crippen LogP contribution in [-0.2, 0) is 17.8 Å². The third kappa shape index (κ3) is 3.77. The molecule has 4 aromatic rings. The quantitative estimate of drug-likeness (QED) is 0.547. The number of nitrogens with zero attached hydrogens (tertiary/aromatic N) is 1. The van der Waals surface area contributed by atoms with Gasteiger partial charge in [-0.05, 0) is 36.2 Å². The highest BCUT2D eigenvalue weighted by atomic mass is 16.5. The fourth-order valence-electron chi connectivity index (χ4n) is 3.20. The topological polar surface area (TPSA) is 67.0 Å². The molecular weight excluding hydrogens is 338 g/mol. The van der Waals surface area contributed by atoms with Crippen LogP contribution in [0.5, 0.6) is 5.75 Å². The molecule has 0 saturated heterocycles. The Morgan fingerprint density at radius 1 is 1.07 bits per heavy atom. The lowest BCUT2D eigenvalue weighted by atomic mass is 10.1. The zero-order valence-corrected chi connectivity index (χ0v) is 15.2. The number of nitrogens with one attached hydrogen (secondary N) is 2. The maximum Gasteiger partial charge on any atom is 0.220 e. The number of methoxy groups -OCH3 is 1. The number of H-pyrrole nitrogens is 1. The van der Waals surface area contributed by atoms with E-state index in [9.17, 15) is 4.79 Å². The van der Waals surface area contributed by atoms with E-state index in [1.807, 2.05) is 42.6 Å². The molecule has 0 spiro atoms. The summed E-state index contributed by atoms with van der Waals surface area (Å²) in [6.45, 7) is 0.512. The van der Waals surface area contributed by atoms with Crippen LogP contribution in [0.15, 0.2) is 60.8 Å². The van der Waals surface area contributed by atoms with Gasteiger partial charge in [0.15, 0.2) is 0 Å². The van der Waals surface area contributed by atoms with Gasteiger partial charge in [0.2, 0.25) is 5.91 Å². The molecule has 0 atom stereocenters. The second-order valence-electron chi connectivity index (χ2n) is 6.52. The first-order valence-electron chi connectivity index (χ1n) is 8.98. The largest absolute Gasteiger partial charge is 0.497 e. The van der Waals surface area contributed by atoms with Crippen LogP contribution in [0, 0.1) is 0 Å². The van der Waals surface area contributed by atoms with Gasteiger partial charge in [-0.25, -0.2) is 0 Å². The number of ether oxygens (including phenoxy) is 1. The Balaban J connectivity index is 1.37. The zero-order valence-electron chi connectivity index (χ0n) is 15.2. The van der Waals surface area contributed by atoms with Crippen molar-refractivity contribution < 1.29 is 9.53 Å². The molecule has 0 bridgehead atoms. The average Bonchev–Trinajstić information content (AvgIpc) is 3.09.